The first kappa shape index (κ1) is 17.7. The molecule has 0 amide bonds. The summed E-state index contributed by atoms with van der Waals surface area (Å²) in [4.78, 5) is 0. The van der Waals surface area contributed by atoms with Crippen molar-refractivity contribution in [3.05, 3.63) is 102 Å². The Kier molecular flexibility index (Phi) is 4.74. The van der Waals surface area contributed by atoms with Crippen molar-refractivity contribution in [1.82, 2.24) is 0 Å². The average molecular weight is 369 g/mol. The monoisotopic (exact) mass is 369 g/mol. The van der Waals surface area contributed by atoms with E-state index in [-0.39, 0.29) is 6.42 Å². The number of hydrogen-bond donors (Lipinski definition) is 0. The number of rotatable bonds is 6. The second kappa shape index (κ2) is 7.50. The van der Waals surface area contributed by atoms with Crippen LogP contribution in [0.5, 0.6) is 17.2 Å². The predicted molar refractivity (Wildman–Crippen MR) is 106 cm³/mol. The van der Waals surface area contributed by atoms with Gasteiger partial charge in [-0.15, -0.1) is 0 Å². The van der Waals surface area contributed by atoms with E-state index in [0.717, 1.165) is 16.7 Å². The van der Waals surface area contributed by atoms with Gasteiger partial charge in [-0.2, -0.15) is 5.26 Å². The van der Waals surface area contributed by atoms with Crippen LogP contribution in [-0.4, -0.2) is 6.61 Å². The minimum absolute atomic E-state index is 0.255. The summed E-state index contributed by atoms with van der Waals surface area (Å²) in [7, 11) is 0. The molecule has 0 saturated carbocycles. The van der Waals surface area contributed by atoms with Crippen LogP contribution in [-0.2, 0) is 12.2 Å². The minimum Gasteiger partial charge on any atom is -0.485 e. The van der Waals surface area contributed by atoms with Gasteiger partial charge in [-0.05, 0) is 17.7 Å². The molecule has 3 aromatic rings. The van der Waals surface area contributed by atoms with Gasteiger partial charge in [0.05, 0.1) is 12.5 Å². The van der Waals surface area contributed by atoms with Gasteiger partial charge in [0.25, 0.3) is 0 Å². The lowest BCUT2D eigenvalue weighted by Crippen LogP contribution is -2.36. The Morgan fingerprint density at radius 3 is 2.18 bits per heavy atom. The van der Waals surface area contributed by atoms with Crippen molar-refractivity contribution in [3.63, 3.8) is 0 Å². The number of benzene rings is 3. The van der Waals surface area contributed by atoms with E-state index in [2.05, 4.69) is 12.6 Å². The molecule has 0 atom stereocenters. The van der Waals surface area contributed by atoms with Crippen LogP contribution < -0.4 is 14.2 Å². The van der Waals surface area contributed by atoms with Gasteiger partial charge in [0, 0.05) is 11.1 Å². The summed E-state index contributed by atoms with van der Waals surface area (Å²) in [5.74, 6) is 0.495. The first-order valence-electron chi connectivity index (χ1n) is 9.03. The zero-order valence-corrected chi connectivity index (χ0v) is 15.3. The normalized spacial score (nSPS) is 13.5. The smallest absolute Gasteiger partial charge is 0.305 e. The second-order valence-corrected chi connectivity index (χ2v) is 6.41. The van der Waals surface area contributed by atoms with Crippen LogP contribution in [0.15, 0.2) is 85.5 Å². The summed E-state index contributed by atoms with van der Waals surface area (Å²) < 4.78 is 18.7. The SMILES string of the molecule is C=CCOc1cc(CC#N)cc2c1OC(c1ccccc1)(c1ccccc1)O2. The molecule has 3 aromatic carbocycles. The summed E-state index contributed by atoms with van der Waals surface area (Å²) in [6.45, 7) is 4.03. The Morgan fingerprint density at radius 2 is 1.61 bits per heavy atom. The topological polar surface area (TPSA) is 51.5 Å². The lowest BCUT2D eigenvalue weighted by atomic mass is 9.97. The van der Waals surface area contributed by atoms with Crippen LogP contribution >= 0.6 is 0 Å². The highest BCUT2D eigenvalue weighted by Crippen LogP contribution is 2.52. The minimum atomic E-state index is -1.12. The van der Waals surface area contributed by atoms with E-state index in [1.165, 1.54) is 0 Å². The molecule has 0 fully saturated rings. The van der Waals surface area contributed by atoms with Crippen molar-refractivity contribution in [1.29, 1.82) is 5.26 Å². The van der Waals surface area contributed by atoms with E-state index in [9.17, 15) is 0 Å². The molecule has 0 N–H and O–H groups in total. The molecule has 0 aliphatic carbocycles. The van der Waals surface area contributed by atoms with Crippen molar-refractivity contribution in [3.8, 4) is 23.3 Å². The van der Waals surface area contributed by atoms with Gasteiger partial charge in [-0.1, -0.05) is 73.3 Å². The molecule has 1 aliphatic rings. The maximum absolute atomic E-state index is 9.11. The van der Waals surface area contributed by atoms with Gasteiger partial charge in [-0.3, -0.25) is 0 Å². The first-order valence-corrected chi connectivity index (χ1v) is 9.03. The summed E-state index contributed by atoms with van der Waals surface area (Å²) in [6, 6.07) is 25.4. The number of fused-ring (bicyclic) bond motifs is 1. The zero-order chi connectivity index (χ0) is 19.4. The molecular formula is C24H19NO3. The van der Waals surface area contributed by atoms with Crippen LogP contribution in [0, 0.1) is 11.3 Å². The van der Waals surface area contributed by atoms with E-state index < -0.39 is 5.79 Å². The van der Waals surface area contributed by atoms with Crippen LogP contribution in [0.4, 0.5) is 0 Å². The Hall–Kier alpha value is -3.71. The van der Waals surface area contributed by atoms with E-state index in [0.29, 0.717) is 23.9 Å². The molecule has 1 aliphatic heterocycles. The van der Waals surface area contributed by atoms with Crippen molar-refractivity contribution in [2.75, 3.05) is 6.61 Å². The molecule has 138 valence electrons. The molecule has 0 unspecified atom stereocenters. The molecule has 28 heavy (non-hydrogen) atoms. The Balaban J connectivity index is 1.86. The molecule has 0 radical (unpaired) electrons. The Morgan fingerprint density at radius 1 is 0.964 bits per heavy atom. The first-order chi connectivity index (χ1) is 13.8. The molecule has 0 aromatic heterocycles. The van der Waals surface area contributed by atoms with Gasteiger partial charge in [0.15, 0.2) is 11.5 Å². The zero-order valence-electron chi connectivity index (χ0n) is 15.3. The molecule has 4 rings (SSSR count). The van der Waals surface area contributed by atoms with E-state index >= 15 is 0 Å². The summed E-state index contributed by atoms with van der Waals surface area (Å²) in [6.07, 6.45) is 1.92. The quantitative estimate of drug-likeness (QED) is 0.575. The maximum Gasteiger partial charge on any atom is 0.305 e. The summed E-state index contributed by atoms with van der Waals surface area (Å²) in [5.41, 5.74) is 2.55. The van der Waals surface area contributed by atoms with Crippen LogP contribution in [0.3, 0.4) is 0 Å². The van der Waals surface area contributed by atoms with Crippen molar-refractivity contribution in [2.45, 2.75) is 12.2 Å². The van der Waals surface area contributed by atoms with Crippen LogP contribution in [0.1, 0.15) is 16.7 Å². The average Bonchev–Trinajstić information content (AvgIpc) is 3.14. The molecule has 1 heterocycles. The molecule has 0 saturated heterocycles. The molecule has 4 heteroatoms. The number of nitrogens with zero attached hydrogens (tertiary/aromatic N) is 1. The number of nitriles is 1. The molecular weight excluding hydrogens is 350 g/mol. The van der Waals surface area contributed by atoms with Gasteiger partial charge >= 0.3 is 5.79 Å². The highest BCUT2D eigenvalue weighted by molar-refractivity contribution is 5.58. The third-order valence-corrected chi connectivity index (χ3v) is 4.53. The van der Waals surface area contributed by atoms with Gasteiger partial charge in [0.1, 0.15) is 6.61 Å². The second-order valence-electron chi connectivity index (χ2n) is 6.41. The van der Waals surface area contributed by atoms with Crippen LogP contribution in [0.2, 0.25) is 0 Å². The van der Waals surface area contributed by atoms with Crippen molar-refractivity contribution >= 4 is 0 Å². The highest BCUT2D eigenvalue weighted by atomic mass is 16.7. The van der Waals surface area contributed by atoms with E-state index in [1.807, 2.05) is 72.8 Å². The highest BCUT2D eigenvalue weighted by Gasteiger charge is 2.46. The predicted octanol–water partition coefficient (Wildman–Crippen LogP) is 4.99. The maximum atomic E-state index is 9.11. The Bertz CT molecular complexity index is 983. The summed E-state index contributed by atoms with van der Waals surface area (Å²) in [5, 5.41) is 9.11. The van der Waals surface area contributed by atoms with Crippen molar-refractivity contribution in [2.24, 2.45) is 0 Å². The van der Waals surface area contributed by atoms with Gasteiger partial charge in [-0.25, -0.2) is 0 Å². The molecule has 0 spiro atoms. The third-order valence-electron chi connectivity index (χ3n) is 4.53. The largest absolute Gasteiger partial charge is 0.485 e. The lowest BCUT2D eigenvalue weighted by molar-refractivity contribution is -0.0467. The third kappa shape index (κ3) is 3.08. The van der Waals surface area contributed by atoms with E-state index in [4.69, 9.17) is 19.5 Å². The standard InChI is InChI=1S/C24H19NO3/c1-2-15-26-21-16-18(13-14-25)17-22-23(21)28-24(27-22,19-9-5-3-6-10-19)20-11-7-4-8-12-20/h2-12,16-17H,1,13,15H2. The fourth-order valence-corrected chi connectivity index (χ4v) is 3.29. The Labute approximate surface area is 164 Å². The van der Waals surface area contributed by atoms with Gasteiger partial charge < -0.3 is 14.2 Å². The fourth-order valence-electron chi connectivity index (χ4n) is 3.29. The van der Waals surface area contributed by atoms with Gasteiger partial charge in [0.2, 0.25) is 5.75 Å². The number of ether oxygens (including phenoxy) is 3. The summed E-state index contributed by atoms with van der Waals surface area (Å²) >= 11 is 0. The fraction of sp³-hybridized carbons (Fsp3) is 0.125. The van der Waals surface area contributed by atoms with E-state index in [1.54, 1.807) is 6.08 Å². The van der Waals surface area contributed by atoms with Crippen LogP contribution in [0.25, 0.3) is 0 Å². The lowest BCUT2D eigenvalue weighted by Gasteiger charge is -2.28. The number of hydrogen-bond acceptors (Lipinski definition) is 4. The molecule has 0 bridgehead atoms. The molecule has 4 nitrogen and oxygen atoms in total. The van der Waals surface area contributed by atoms with Crippen molar-refractivity contribution < 1.29 is 14.2 Å².